The van der Waals surface area contributed by atoms with Crippen molar-refractivity contribution in [1.29, 1.82) is 0 Å². The summed E-state index contributed by atoms with van der Waals surface area (Å²) in [5, 5.41) is 0. The molecule has 0 aromatic heterocycles. The van der Waals surface area contributed by atoms with Crippen molar-refractivity contribution in [2.24, 2.45) is 0 Å². The van der Waals surface area contributed by atoms with Gasteiger partial charge in [-0.05, 0) is 13.8 Å². The molecular weight excluding hydrogens is 160 g/mol. The molecule has 0 heterocycles. The van der Waals surface area contributed by atoms with E-state index < -0.39 is 12.3 Å². The fourth-order valence-corrected chi connectivity index (χ4v) is 0.449. The van der Waals surface area contributed by atoms with Gasteiger partial charge in [-0.1, -0.05) is 6.58 Å². The Morgan fingerprint density at radius 3 is 2.58 bits per heavy atom. The molecule has 0 aliphatic rings. The summed E-state index contributed by atoms with van der Waals surface area (Å²) in [6.45, 7) is 6.71. The Morgan fingerprint density at radius 2 is 2.17 bits per heavy atom. The molecule has 0 aliphatic heterocycles. The molecule has 0 rings (SSSR count). The van der Waals surface area contributed by atoms with Crippen molar-refractivity contribution in [3.05, 3.63) is 12.2 Å². The molecular formula is C8H14O4. The molecule has 1 atom stereocenters. The number of methoxy groups -OCH3 is 1. The zero-order chi connectivity index (χ0) is 9.56. The molecule has 1 unspecified atom stereocenters. The molecule has 4 heteroatoms. The molecule has 0 saturated heterocycles. The van der Waals surface area contributed by atoms with E-state index in [-0.39, 0.29) is 6.79 Å². The molecule has 70 valence electrons. The van der Waals surface area contributed by atoms with Crippen LogP contribution < -0.4 is 0 Å². The van der Waals surface area contributed by atoms with E-state index in [0.29, 0.717) is 5.57 Å². The number of esters is 1. The summed E-state index contributed by atoms with van der Waals surface area (Å²) in [4.78, 5) is 10.9. The van der Waals surface area contributed by atoms with Crippen LogP contribution in [0.5, 0.6) is 0 Å². The molecule has 0 radical (unpaired) electrons. The van der Waals surface area contributed by atoms with E-state index in [0.717, 1.165) is 0 Å². The van der Waals surface area contributed by atoms with Gasteiger partial charge in [0.15, 0.2) is 6.79 Å². The Balaban J connectivity index is 3.61. The number of hydrogen-bond acceptors (Lipinski definition) is 4. The Hall–Kier alpha value is -0.870. The van der Waals surface area contributed by atoms with Gasteiger partial charge >= 0.3 is 5.97 Å². The van der Waals surface area contributed by atoms with Gasteiger partial charge in [-0.3, -0.25) is 0 Å². The van der Waals surface area contributed by atoms with Crippen molar-refractivity contribution in [2.45, 2.75) is 20.1 Å². The molecule has 0 amide bonds. The van der Waals surface area contributed by atoms with E-state index in [2.05, 4.69) is 11.3 Å². The first-order valence-corrected chi connectivity index (χ1v) is 3.55. The Labute approximate surface area is 72.1 Å². The summed E-state index contributed by atoms with van der Waals surface area (Å²) >= 11 is 0. The van der Waals surface area contributed by atoms with Crippen LogP contribution in [0.3, 0.4) is 0 Å². The van der Waals surface area contributed by atoms with Crippen molar-refractivity contribution in [1.82, 2.24) is 0 Å². The highest BCUT2D eigenvalue weighted by atomic mass is 16.8. The smallest absolute Gasteiger partial charge is 0.335 e. The second-order valence-electron chi connectivity index (χ2n) is 2.33. The van der Waals surface area contributed by atoms with Crippen molar-refractivity contribution in [3.8, 4) is 0 Å². The van der Waals surface area contributed by atoms with Gasteiger partial charge in [0.2, 0.25) is 6.29 Å². The van der Waals surface area contributed by atoms with Crippen LogP contribution in [0.25, 0.3) is 0 Å². The maximum Gasteiger partial charge on any atom is 0.335 e. The molecule has 0 aliphatic carbocycles. The van der Waals surface area contributed by atoms with Gasteiger partial charge in [-0.15, -0.1) is 0 Å². The molecule has 4 nitrogen and oxygen atoms in total. The third-order valence-corrected chi connectivity index (χ3v) is 1.04. The third kappa shape index (κ3) is 4.87. The van der Waals surface area contributed by atoms with E-state index in [1.807, 2.05) is 0 Å². The lowest BCUT2D eigenvalue weighted by atomic mass is 10.4. The Kier molecular flexibility index (Phi) is 5.32. The highest BCUT2D eigenvalue weighted by Gasteiger charge is 2.09. The Morgan fingerprint density at radius 1 is 1.58 bits per heavy atom. The van der Waals surface area contributed by atoms with Crippen molar-refractivity contribution < 1.29 is 19.0 Å². The van der Waals surface area contributed by atoms with Crippen molar-refractivity contribution in [2.75, 3.05) is 13.9 Å². The quantitative estimate of drug-likeness (QED) is 0.355. The maximum absolute atomic E-state index is 10.9. The Bertz CT molecular complexity index is 164. The molecule has 0 aromatic carbocycles. The average Bonchev–Trinajstić information content (AvgIpc) is 2.00. The van der Waals surface area contributed by atoms with Gasteiger partial charge in [-0.25, -0.2) is 4.79 Å². The normalized spacial score (nSPS) is 12.2. The topological polar surface area (TPSA) is 44.8 Å². The number of carbonyl (C=O) groups excluding carboxylic acids is 1. The standard InChI is InChI=1S/C8H14O4/c1-6(2)8(9)12-7(3)11-5-10-4/h7H,1,5H2,2-4H3. The van der Waals surface area contributed by atoms with Gasteiger partial charge in [0.05, 0.1) is 0 Å². The van der Waals surface area contributed by atoms with Gasteiger partial charge in [-0.2, -0.15) is 0 Å². The molecule has 0 fully saturated rings. The zero-order valence-corrected chi connectivity index (χ0v) is 7.62. The maximum atomic E-state index is 10.9. The number of hydrogen-bond donors (Lipinski definition) is 0. The minimum Gasteiger partial charge on any atom is -0.433 e. The van der Waals surface area contributed by atoms with Gasteiger partial charge in [0.1, 0.15) is 0 Å². The molecule has 0 aromatic rings. The molecule has 0 bridgehead atoms. The van der Waals surface area contributed by atoms with Crippen LogP contribution in [0, 0.1) is 0 Å². The molecule has 0 spiro atoms. The van der Waals surface area contributed by atoms with Crippen LogP contribution in [-0.4, -0.2) is 26.2 Å². The predicted octanol–water partition coefficient (Wildman–Crippen LogP) is 1.07. The van der Waals surface area contributed by atoms with Gasteiger partial charge < -0.3 is 14.2 Å². The lowest BCUT2D eigenvalue weighted by Crippen LogP contribution is -2.19. The molecule has 12 heavy (non-hydrogen) atoms. The van der Waals surface area contributed by atoms with Crippen LogP contribution in [0.1, 0.15) is 13.8 Å². The highest BCUT2D eigenvalue weighted by molar-refractivity contribution is 5.86. The minimum absolute atomic E-state index is 0.102. The number of carbonyl (C=O) groups is 1. The first-order valence-electron chi connectivity index (χ1n) is 3.55. The fourth-order valence-electron chi connectivity index (χ4n) is 0.449. The first-order chi connectivity index (χ1) is 5.57. The van der Waals surface area contributed by atoms with Crippen LogP contribution in [0.15, 0.2) is 12.2 Å². The average molecular weight is 174 g/mol. The lowest BCUT2D eigenvalue weighted by Gasteiger charge is -2.12. The summed E-state index contributed by atoms with van der Waals surface area (Å²) in [6.07, 6.45) is -0.603. The van der Waals surface area contributed by atoms with E-state index >= 15 is 0 Å². The van der Waals surface area contributed by atoms with Crippen molar-refractivity contribution >= 4 is 5.97 Å². The fraction of sp³-hybridized carbons (Fsp3) is 0.625. The SMILES string of the molecule is C=C(C)C(=O)OC(C)OCOC. The molecule has 0 N–H and O–H groups in total. The second-order valence-corrected chi connectivity index (χ2v) is 2.33. The van der Waals surface area contributed by atoms with E-state index in [9.17, 15) is 4.79 Å². The summed E-state index contributed by atoms with van der Waals surface area (Å²) in [6, 6.07) is 0. The summed E-state index contributed by atoms with van der Waals surface area (Å²) in [5.74, 6) is -0.460. The lowest BCUT2D eigenvalue weighted by molar-refractivity contribution is -0.189. The monoisotopic (exact) mass is 174 g/mol. The van der Waals surface area contributed by atoms with Crippen LogP contribution >= 0.6 is 0 Å². The van der Waals surface area contributed by atoms with Crippen LogP contribution in [0.2, 0.25) is 0 Å². The van der Waals surface area contributed by atoms with E-state index in [1.165, 1.54) is 7.11 Å². The third-order valence-electron chi connectivity index (χ3n) is 1.04. The molecule has 0 saturated carbocycles. The van der Waals surface area contributed by atoms with E-state index in [1.54, 1.807) is 13.8 Å². The summed E-state index contributed by atoms with van der Waals surface area (Å²) in [7, 11) is 1.49. The van der Waals surface area contributed by atoms with Gasteiger partial charge in [0, 0.05) is 12.7 Å². The van der Waals surface area contributed by atoms with Gasteiger partial charge in [0.25, 0.3) is 0 Å². The predicted molar refractivity (Wildman–Crippen MR) is 43.3 cm³/mol. The number of ether oxygens (including phenoxy) is 3. The highest BCUT2D eigenvalue weighted by Crippen LogP contribution is 1.99. The second kappa shape index (κ2) is 5.74. The zero-order valence-electron chi connectivity index (χ0n) is 7.62. The number of rotatable bonds is 5. The van der Waals surface area contributed by atoms with E-state index in [4.69, 9.17) is 9.47 Å². The summed E-state index contributed by atoms with van der Waals surface area (Å²) in [5.41, 5.74) is 0.350. The van der Waals surface area contributed by atoms with Crippen LogP contribution in [-0.2, 0) is 19.0 Å². The van der Waals surface area contributed by atoms with Crippen molar-refractivity contribution in [3.63, 3.8) is 0 Å². The van der Waals surface area contributed by atoms with Crippen LogP contribution in [0.4, 0.5) is 0 Å². The minimum atomic E-state index is -0.603. The summed E-state index contributed by atoms with van der Waals surface area (Å²) < 4.78 is 14.3. The first kappa shape index (κ1) is 11.1. The largest absolute Gasteiger partial charge is 0.433 e.